The van der Waals surface area contributed by atoms with Gasteiger partial charge in [0.2, 0.25) is 0 Å². The van der Waals surface area contributed by atoms with Crippen molar-refractivity contribution in [3.05, 3.63) is 59.7 Å². The Balaban J connectivity index is 1.80. The summed E-state index contributed by atoms with van der Waals surface area (Å²) in [5.74, 6) is 0.932. The van der Waals surface area contributed by atoms with Gasteiger partial charge in [-0.1, -0.05) is 37.3 Å². The molecule has 1 fully saturated rings. The normalized spacial score (nSPS) is 21.3. The second-order valence-electron chi connectivity index (χ2n) is 6.67. The molecule has 1 N–H and O–H groups in total. The highest BCUT2D eigenvalue weighted by atomic mass is 16.5. The molecule has 1 aliphatic rings. The van der Waals surface area contributed by atoms with Crippen molar-refractivity contribution in [3.8, 4) is 5.75 Å². The van der Waals surface area contributed by atoms with E-state index in [1.165, 1.54) is 23.2 Å². The molecule has 0 aliphatic carbocycles. The third-order valence-electron chi connectivity index (χ3n) is 4.95. The van der Waals surface area contributed by atoms with Crippen LogP contribution in [0.2, 0.25) is 0 Å². The van der Waals surface area contributed by atoms with Crippen LogP contribution in [0.25, 0.3) is 0 Å². The zero-order valence-electron chi connectivity index (χ0n) is 14.3. The molecule has 3 nitrogen and oxygen atoms in total. The van der Waals surface area contributed by atoms with Crippen molar-refractivity contribution in [2.24, 2.45) is 0 Å². The Morgan fingerprint density at radius 1 is 1.17 bits per heavy atom. The molecule has 3 rings (SSSR count). The smallest absolute Gasteiger partial charge is 0.119 e. The van der Waals surface area contributed by atoms with Crippen LogP contribution in [-0.2, 0) is 12.0 Å². The van der Waals surface area contributed by atoms with Crippen LogP contribution in [0.4, 0.5) is 5.69 Å². The van der Waals surface area contributed by atoms with Gasteiger partial charge in [0.15, 0.2) is 0 Å². The highest BCUT2D eigenvalue weighted by Crippen LogP contribution is 2.40. The molecule has 0 radical (unpaired) electrons. The molecule has 2 aromatic rings. The number of nitrogens with one attached hydrogen (secondary N) is 1. The Morgan fingerprint density at radius 3 is 2.65 bits per heavy atom. The Labute approximate surface area is 139 Å². The molecule has 122 valence electrons. The van der Waals surface area contributed by atoms with E-state index in [-0.39, 0.29) is 5.41 Å². The summed E-state index contributed by atoms with van der Waals surface area (Å²) in [6, 6.07) is 17.1. The lowest BCUT2D eigenvalue weighted by Gasteiger charge is -2.28. The number of benzene rings is 2. The van der Waals surface area contributed by atoms with Gasteiger partial charge in [-0.2, -0.15) is 0 Å². The summed E-state index contributed by atoms with van der Waals surface area (Å²) in [6.07, 6.45) is 1.17. The van der Waals surface area contributed by atoms with Crippen molar-refractivity contribution in [2.45, 2.75) is 25.3 Å². The number of hydrogen-bond donors (Lipinski definition) is 1. The van der Waals surface area contributed by atoms with E-state index in [0.29, 0.717) is 0 Å². The van der Waals surface area contributed by atoms with Crippen LogP contribution < -0.4 is 10.1 Å². The summed E-state index contributed by atoms with van der Waals surface area (Å²) in [7, 11) is 3.72. The maximum Gasteiger partial charge on any atom is 0.119 e. The molecule has 1 heterocycles. The maximum absolute atomic E-state index is 5.44. The number of likely N-dealkylation sites (tertiary alicyclic amines) is 1. The quantitative estimate of drug-likeness (QED) is 0.906. The molecule has 1 aliphatic heterocycles. The summed E-state index contributed by atoms with van der Waals surface area (Å²) < 4.78 is 5.44. The van der Waals surface area contributed by atoms with Crippen molar-refractivity contribution < 1.29 is 4.74 Å². The number of hydrogen-bond acceptors (Lipinski definition) is 3. The van der Waals surface area contributed by atoms with E-state index in [1.807, 2.05) is 13.1 Å². The van der Waals surface area contributed by atoms with E-state index in [1.54, 1.807) is 7.11 Å². The van der Waals surface area contributed by atoms with Gasteiger partial charge in [-0.15, -0.1) is 0 Å². The molecular weight excluding hydrogens is 284 g/mol. The van der Waals surface area contributed by atoms with Crippen LogP contribution in [0.1, 0.15) is 24.5 Å². The van der Waals surface area contributed by atoms with Gasteiger partial charge in [0.1, 0.15) is 5.75 Å². The molecule has 0 unspecified atom stereocenters. The summed E-state index contributed by atoms with van der Waals surface area (Å²) in [5.41, 5.74) is 4.10. The predicted molar refractivity (Wildman–Crippen MR) is 96.2 cm³/mol. The molecule has 0 aromatic heterocycles. The van der Waals surface area contributed by atoms with Crippen molar-refractivity contribution in [3.63, 3.8) is 0 Å². The van der Waals surface area contributed by atoms with Gasteiger partial charge in [-0.25, -0.2) is 0 Å². The van der Waals surface area contributed by atoms with Gasteiger partial charge in [0.25, 0.3) is 0 Å². The van der Waals surface area contributed by atoms with Crippen LogP contribution in [0, 0.1) is 0 Å². The van der Waals surface area contributed by atoms with Gasteiger partial charge >= 0.3 is 0 Å². The second kappa shape index (κ2) is 6.63. The first-order valence-electron chi connectivity index (χ1n) is 8.27. The van der Waals surface area contributed by atoms with Crippen molar-refractivity contribution in [1.82, 2.24) is 4.90 Å². The summed E-state index contributed by atoms with van der Waals surface area (Å²) in [6.45, 7) is 5.60. The van der Waals surface area contributed by atoms with Gasteiger partial charge in [0.05, 0.1) is 7.11 Å². The molecule has 0 amide bonds. The summed E-state index contributed by atoms with van der Waals surface area (Å²) in [5, 5.41) is 3.34. The minimum absolute atomic E-state index is 0.154. The van der Waals surface area contributed by atoms with Crippen LogP contribution in [0.5, 0.6) is 5.75 Å². The number of nitrogens with zero attached hydrogens (tertiary/aromatic N) is 1. The molecule has 1 saturated heterocycles. The summed E-state index contributed by atoms with van der Waals surface area (Å²) >= 11 is 0. The lowest BCUT2D eigenvalue weighted by molar-refractivity contribution is 0.309. The third-order valence-corrected chi connectivity index (χ3v) is 4.95. The molecule has 1 atom stereocenters. The molecule has 2 aromatic carbocycles. The van der Waals surface area contributed by atoms with E-state index in [4.69, 9.17) is 4.74 Å². The zero-order chi connectivity index (χ0) is 16.3. The Kier molecular flexibility index (Phi) is 4.58. The standard InChI is InChI=1S/C20H26N2O/c1-20(18-13-17(23-3)9-10-19(18)21-2)11-12-22(15-20)14-16-7-5-4-6-8-16/h4-10,13,21H,11-12,14-15H2,1-3H3/t20-/m1/s1. The fraction of sp³-hybridized carbons (Fsp3) is 0.400. The van der Waals surface area contributed by atoms with E-state index in [2.05, 4.69) is 59.6 Å². The van der Waals surface area contributed by atoms with Crippen LogP contribution in [0.3, 0.4) is 0 Å². The van der Waals surface area contributed by atoms with E-state index in [9.17, 15) is 0 Å². The molecule has 0 bridgehead atoms. The highest BCUT2D eigenvalue weighted by Gasteiger charge is 2.37. The third kappa shape index (κ3) is 3.35. The first-order valence-corrected chi connectivity index (χ1v) is 8.27. The van der Waals surface area contributed by atoms with Crippen LogP contribution >= 0.6 is 0 Å². The Morgan fingerprint density at radius 2 is 1.96 bits per heavy atom. The van der Waals surface area contributed by atoms with Gasteiger partial charge in [-0.05, 0) is 42.3 Å². The fourth-order valence-electron chi connectivity index (χ4n) is 3.62. The SMILES string of the molecule is CNc1ccc(OC)cc1[C@]1(C)CCN(Cc2ccccc2)C1. The lowest BCUT2D eigenvalue weighted by Crippen LogP contribution is -2.28. The molecule has 0 spiro atoms. The Hall–Kier alpha value is -2.00. The highest BCUT2D eigenvalue weighted by molar-refractivity contribution is 5.57. The van der Waals surface area contributed by atoms with E-state index >= 15 is 0 Å². The largest absolute Gasteiger partial charge is 0.497 e. The molecule has 3 heteroatoms. The maximum atomic E-state index is 5.44. The predicted octanol–water partition coefficient (Wildman–Crippen LogP) is 3.90. The summed E-state index contributed by atoms with van der Waals surface area (Å²) in [4.78, 5) is 2.55. The molecule has 0 saturated carbocycles. The Bertz CT molecular complexity index is 656. The van der Waals surface area contributed by atoms with Gasteiger partial charge in [-0.3, -0.25) is 4.90 Å². The number of ether oxygens (including phenoxy) is 1. The average molecular weight is 310 g/mol. The molecule has 23 heavy (non-hydrogen) atoms. The van der Waals surface area contributed by atoms with E-state index in [0.717, 1.165) is 25.4 Å². The van der Waals surface area contributed by atoms with Crippen LogP contribution in [-0.4, -0.2) is 32.1 Å². The zero-order valence-corrected chi connectivity index (χ0v) is 14.3. The fourth-order valence-corrected chi connectivity index (χ4v) is 3.62. The van der Waals surface area contributed by atoms with Crippen molar-refractivity contribution >= 4 is 5.69 Å². The van der Waals surface area contributed by atoms with Gasteiger partial charge < -0.3 is 10.1 Å². The number of anilines is 1. The lowest BCUT2D eigenvalue weighted by atomic mass is 9.80. The minimum atomic E-state index is 0.154. The minimum Gasteiger partial charge on any atom is -0.497 e. The molecular formula is C20H26N2O. The first-order chi connectivity index (χ1) is 11.1. The van der Waals surface area contributed by atoms with Gasteiger partial charge in [0, 0.05) is 31.2 Å². The van der Waals surface area contributed by atoms with Crippen LogP contribution in [0.15, 0.2) is 48.5 Å². The number of methoxy groups -OCH3 is 1. The first kappa shape index (κ1) is 15.9. The monoisotopic (exact) mass is 310 g/mol. The van der Waals surface area contributed by atoms with Crippen molar-refractivity contribution in [1.29, 1.82) is 0 Å². The van der Waals surface area contributed by atoms with E-state index < -0.39 is 0 Å². The number of rotatable bonds is 5. The topological polar surface area (TPSA) is 24.5 Å². The van der Waals surface area contributed by atoms with Crippen molar-refractivity contribution in [2.75, 3.05) is 32.6 Å². The second-order valence-corrected chi connectivity index (χ2v) is 6.67. The average Bonchev–Trinajstić information content (AvgIpc) is 2.97.